The Kier molecular flexibility index (Phi) is 4.02. The van der Waals surface area contributed by atoms with Crippen LogP contribution in [0.1, 0.15) is 45.0 Å². The molecule has 1 saturated heterocycles. The van der Waals surface area contributed by atoms with Crippen LogP contribution in [-0.2, 0) is 11.2 Å². The Morgan fingerprint density at radius 2 is 2.28 bits per heavy atom. The fraction of sp³-hybridized carbons (Fsp3) is 0.846. The van der Waals surface area contributed by atoms with Crippen molar-refractivity contribution in [1.29, 1.82) is 0 Å². The molecular formula is C13H23N3O2. The molecule has 1 aliphatic heterocycles. The Labute approximate surface area is 108 Å². The van der Waals surface area contributed by atoms with Crippen LogP contribution in [0.2, 0.25) is 0 Å². The predicted molar refractivity (Wildman–Crippen MR) is 68.2 cm³/mol. The van der Waals surface area contributed by atoms with E-state index in [0.717, 1.165) is 25.4 Å². The molecule has 0 spiro atoms. The number of ether oxygens (including phenoxy) is 1. The van der Waals surface area contributed by atoms with Crippen LogP contribution in [0.15, 0.2) is 4.52 Å². The van der Waals surface area contributed by atoms with Crippen molar-refractivity contribution in [2.75, 3.05) is 20.2 Å². The van der Waals surface area contributed by atoms with Gasteiger partial charge in [0.2, 0.25) is 11.7 Å². The van der Waals surface area contributed by atoms with Crippen LogP contribution >= 0.6 is 0 Å². The number of hydrogen-bond acceptors (Lipinski definition) is 5. The average molecular weight is 253 g/mol. The van der Waals surface area contributed by atoms with Gasteiger partial charge in [-0.15, -0.1) is 0 Å². The zero-order valence-corrected chi connectivity index (χ0v) is 11.7. The Bertz CT molecular complexity index is 378. The molecule has 2 rings (SSSR count). The van der Waals surface area contributed by atoms with Gasteiger partial charge in [0.15, 0.2) is 0 Å². The van der Waals surface area contributed by atoms with E-state index in [2.05, 4.69) is 36.2 Å². The summed E-state index contributed by atoms with van der Waals surface area (Å²) in [4.78, 5) is 4.48. The van der Waals surface area contributed by atoms with Gasteiger partial charge < -0.3 is 14.6 Å². The van der Waals surface area contributed by atoms with Gasteiger partial charge in [0.25, 0.3) is 0 Å². The molecule has 102 valence electrons. The van der Waals surface area contributed by atoms with Crippen molar-refractivity contribution in [2.24, 2.45) is 11.3 Å². The second-order valence-electron chi connectivity index (χ2n) is 6.09. The van der Waals surface area contributed by atoms with Crippen molar-refractivity contribution in [1.82, 2.24) is 15.5 Å². The molecule has 1 aliphatic rings. The van der Waals surface area contributed by atoms with Gasteiger partial charge in [0.05, 0.1) is 0 Å². The van der Waals surface area contributed by atoms with E-state index in [0.29, 0.717) is 11.7 Å². The van der Waals surface area contributed by atoms with Crippen molar-refractivity contribution >= 4 is 0 Å². The Morgan fingerprint density at radius 3 is 2.83 bits per heavy atom. The molecule has 0 saturated carbocycles. The molecule has 1 N–H and O–H groups in total. The zero-order chi connectivity index (χ0) is 13.2. The topological polar surface area (TPSA) is 60.2 Å². The van der Waals surface area contributed by atoms with E-state index in [9.17, 15) is 0 Å². The molecule has 5 nitrogen and oxygen atoms in total. The highest BCUT2D eigenvalue weighted by atomic mass is 16.5. The number of aromatic nitrogens is 2. The molecule has 2 unspecified atom stereocenters. The van der Waals surface area contributed by atoms with Crippen LogP contribution in [0.3, 0.4) is 0 Å². The van der Waals surface area contributed by atoms with Gasteiger partial charge in [-0.05, 0) is 30.8 Å². The van der Waals surface area contributed by atoms with E-state index < -0.39 is 0 Å². The van der Waals surface area contributed by atoms with E-state index in [1.165, 1.54) is 6.42 Å². The minimum absolute atomic E-state index is 0.0369. The van der Waals surface area contributed by atoms with Gasteiger partial charge in [0, 0.05) is 13.5 Å². The van der Waals surface area contributed by atoms with E-state index in [-0.39, 0.29) is 11.5 Å². The van der Waals surface area contributed by atoms with Gasteiger partial charge in [-0.2, -0.15) is 4.98 Å². The lowest BCUT2D eigenvalue weighted by Gasteiger charge is -2.26. The molecule has 0 amide bonds. The maximum absolute atomic E-state index is 5.49. The van der Waals surface area contributed by atoms with E-state index in [4.69, 9.17) is 9.26 Å². The maximum Gasteiger partial charge on any atom is 0.227 e. The summed E-state index contributed by atoms with van der Waals surface area (Å²) < 4.78 is 10.8. The van der Waals surface area contributed by atoms with Crippen LogP contribution in [0.5, 0.6) is 0 Å². The number of methoxy groups -OCH3 is 1. The monoisotopic (exact) mass is 253 g/mol. The molecule has 0 aromatic carbocycles. The molecule has 2 atom stereocenters. The number of nitrogens with one attached hydrogen (secondary N) is 1. The molecule has 5 heteroatoms. The fourth-order valence-corrected chi connectivity index (χ4v) is 2.44. The lowest BCUT2D eigenvalue weighted by molar-refractivity contribution is 0.00718. The molecule has 1 aromatic rings. The minimum Gasteiger partial charge on any atom is -0.373 e. The maximum atomic E-state index is 5.49. The van der Waals surface area contributed by atoms with E-state index >= 15 is 0 Å². The van der Waals surface area contributed by atoms with E-state index in [1.807, 2.05) is 0 Å². The summed E-state index contributed by atoms with van der Waals surface area (Å²) in [5.74, 6) is 2.00. The summed E-state index contributed by atoms with van der Waals surface area (Å²) in [6.45, 7) is 8.47. The number of nitrogens with zero attached hydrogens (tertiary/aromatic N) is 2. The molecule has 18 heavy (non-hydrogen) atoms. The van der Waals surface area contributed by atoms with Gasteiger partial charge in [-0.3, -0.25) is 0 Å². The second kappa shape index (κ2) is 5.36. The predicted octanol–water partition coefficient (Wildman–Crippen LogP) is 1.96. The van der Waals surface area contributed by atoms with Crippen LogP contribution < -0.4 is 5.32 Å². The lowest BCUT2D eigenvalue weighted by atomic mass is 9.88. The number of hydrogen-bond donors (Lipinski definition) is 1. The summed E-state index contributed by atoms with van der Waals surface area (Å²) in [5, 5.41) is 7.41. The normalized spacial score (nSPS) is 22.3. The molecule has 1 aromatic heterocycles. The molecule has 2 heterocycles. The van der Waals surface area contributed by atoms with Crippen molar-refractivity contribution in [3.63, 3.8) is 0 Å². The first kappa shape index (κ1) is 13.5. The summed E-state index contributed by atoms with van der Waals surface area (Å²) in [6.07, 6.45) is 1.92. The zero-order valence-electron chi connectivity index (χ0n) is 11.7. The Morgan fingerprint density at radius 1 is 1.50 bits per heavy atom. The molecule has 0 aliphatic carbocycles. The summed E-state index contributed by atoms with van der Waals surface area (Å²) in [5.41, 5.74) is -0.0369. The number of rotatable bonds is 4. The smallest absolute Gasteiger partial charge is 0.227 e. The quantitative estimate of drug-likeness (QED) is 0.888. The van der Waals surface area contributed by atoms with Crippen molar-refractivity contribution < 1.29 is 9.26 Å². The molecule has 0 bridgehead atoms. The Hall–Kier alpha value is -0.940. The van der Waals surface area contributed by atoms with Crippen molar-refractivity contribution in [2.45, 2.75) is 39.7 Å². The fourth-order valence-electron chi connectivity index (χ4n) is 2.44. The van der Waals surface area contributed by atoms with Gasteiger partial charge in [0.1, 0.15) is 6.10 Å². The summed E-state index contributed by atoms with van der Waals surface area (Å²) in [6, 6.07) is 0. The highest BCUT2D eigenvalue weighted by molar-refractivity contribution is 4.97. The molecule has 1 fully saturated rings. The lowest BCUT2D eigenvalue weighted by Crippen LogP contribution is -2.21. The highest BCUT2D eigenvalue weighted by Gasteiger charge is 2.31. The molecule has 0 radical (unpaired) electrons. The first-order valence-corrected chi connectivity index (χ1v) is 6.56. The first-order chi connectivity index (χ1) is 8.50. The first-order valence-electron chi connectivity index (χ1n) is 6.56. The van der Waals surface area contributed by atoms with Gasteiger partial charge >= 0.3 is 0 Å². The third-order valence-corrected chi connectivity index (χ3v) is 3.37. The Balaban J connectivity index is 2.04. The standard InChI is InChI=1S/C13H23N3O2/c1-13(2,3)11(17-4)12-15-10(18-16-12)7-9-5-6-14-8-9/h9,11,14H,5-8H2,1-4H3. The third-order valence-electron chi connectivity index (χ3n) is 3.37. The van der Waals surface area contributed by atoms with Crippen LogP contribution in [0, 0.1) is 11.3 Å². The van der Waals surface area contributed by atoms with Crippen molar-refractivity contribution in [3.05, 3.63) is 11.7 Å². The van der Waals surface area contributed by atoms with E-state index in [1.54, 1.807) is 7.11 Å². The largest absolute Gasteiger partial charge is 0.373 e. The SMILES string of the molecule is COC(c1noc(CC2CCNC2)n1)C(C)(C)C. The van der Waals surface area contributed by atoms with Crippen LogP contribution in [-0.4, -0.2) is 30.3 Å². The highest BCUT2D eigenvalue weighted by Crippen LogP contribution is 2.33. The van der Waals surface area contributed by atoms with Gasteiger partial charge in [-0.25, -0.2) is 0 Å². The second-order valence-corrected chi connectivity index (χ2v) is 6.09. The summed E-state index contributed by atoms with van der Waals surface area (Å²) in [7, 11) is 1.69. The van der Waals surface area contributed by atoms with Crippen molar-refractivity contribution in [3.8, 4) is 0 Å². The van der Waals surface area contributed by atoms with Crippen LogP contribution in [0.25, 0.3) is 0 Å². The molecular weight excluding hydrogens is 230 g/mol. The third kappa shape index (κ3) is 3.09. The van der Waals surface area contributed by atoms with Crippen LogP contribution in [0.4, 0.5) is 0 Å². The summed E-state index contributed by atoms with van der Waals surface area (Å²) >= 11 is 0. The minimum atomic E-state index is -0.128. The van der Waals surface area contributed by atoms with Gasteiger partial charge in [-0.1, -0.05) is 25.9 Å². The average Bonchev–Trinajstić information content (AvgIpc) is 2.90.